The van der Waals surface area contributed by atoms with E-state index in [4.69, 9.17) is 14.2 Å². The van der Waals surface area contributed by atoms with E-state index in [-0.39, 0.29) is 12.5 Å². The number of nitrogens with zero attached hydrogens (tertiary/aromatic N) is 1. The third-order valence-electron chi connectivity index (χ3n) is 4.79. The summed E-state index contributed by atoms with van der Waals surface area (Å²) in [4.78, 5) is 16.0. The number of rotatable bonds is 11. The second kappa shape index (κ2) is 11.2. The number of hydrogen-bond acceptors (Lipinski definition) is 5. The van der Waals surface area contributed by atoms with Crippen molar-refractivity contribution < 1.29 is 19.0 Å². The first kappa shape index (κ1) is 22.4. The first-order valence-corrected chi connectivity index (χ1v) is 10.8. The maximum Gasteiger partial charge on any atom is 0.261 e. The summed E-state index contributed by atoms with van der Waals surface area (Å²) in [5.74, 6) is 1.78. The standard InChI is InChI=1S/C25H27NO4S/c1-4-8-19-12-13-23(24(15-19)29-3)30-18-25(27)26(17-21-10-7-14-31-21)16-20-9-5-6-11-22(20)28-2/h4-7,9-15H,1,8,16-18H2,2-3H3. The molecular formula is C25H27NO4S. The Labute approximate surface area is 187 Å². The molecule has 5 nitrogen and oxygen atoms in total. The Balaban J connectivity index is 1.74. The molecule has 0 bridgehead atoms. The van der Waals surface area contributed by atoms with Gasteiger partial charge in [0.1, 0.15) is 5.75 Å². The van der Waals surface area contributed by atoms with Gasteiger partial charge in [0.15, 0.2) is 18.1 Å². The molecule has 0 saturated carbocycles. The number of ether oxygens (including phenoxy) is 3. The molecule has 3 rings (SSSR count). The van der Waals surface area contributed by atoms with Crippen LogP contribution in [-0.2, 0) is 24.3 Å². The van der Waals surface area contributed by atoms with E-state index in [1.54, 1.807) is 30.5 Å². The average Bonchev–Trinajstić information content (AvgIpc) is 3.31. The Morgan fingerprint density at radius 1 is 1.00 bits per heavy atom. The second-order valence-electron chi connectivity index (χ2n) is 6.91. The van der Waals surface area contributed by atoms with Crippen molar-refractivity contribution in [1.82, 2.24) is 4.90 Å². The van der Waals surface area contributed by atoms with Gasteiger partial charge in [-0.3, -0.25) is 4.79 Å². The van der Waals surface area contributed by atoms with Crippen LogP contribution in [0.15, 0.2) is 72.6 Å². The zero-order valence-corrected chi connectivity index (χ0v) is 18.7. The van der Waals surface area contributed by atoms with Crippen molar-refractivity contribution in [2.45, 2.75) is 19.5 Å². The van der Waals surface area contributed by atoms with Crippen LogP contribution in [0.4, 0.5) is 0 Å². The van der Waals surface area contributed by atoms with Crippen LogP contribution in [0.25, 0.3) is 0 Å². The Bertz CT molecular complexity index is 1000. The summed E-state index contributed by atoms with van der Waals surface area (Å²) >= 11 is 1.62. The minimum Gasteiger partial charge on any atom is -0.496 e. The largest absolute Gasteiger partial charge is 0.496 e. The van der Waals surface area contributed by atoms with Crippen LogP contribution in [0, 0.1) is 0 Å². The molecule has 6 heteroatoms. The van der Waals surface area contributed by atoms with Crippen molar-refractivity contribution in [1.29, 1.82) is 0 Å². The monoisotopic (exact) mass is 437 g/mol. The molecule has 0 saturated heterocycles. The molecule has 0 aliphatic rings. The molecule has 1 heterocycles. The minimum atomic E-state index is -0.114. The van der Waals surface area contributed by atoms with Gasteiger partial charge in [-0.2, -0.15) is 0 Å². The quantitative estimate of drug-likeness (QED) is 0.392. The van der Waals surface area contributed by atoms with Gasteiger partial charge in [-0.25, -0.2) is 0 Å². The van der Waals surface area contributed by atoms with Crippen LogP contribution in [0.2, 0.25) is 0 Å². The van der Waals surface area contributed by atoms with E-state index in [0.29, 0.717) is 24.6 Å². The van der Waals surface area contributed by atoms with Gasteiger partial charge in [0.25, 0.3) is 5.91 Å². The summed E-state index contributed by atoms with van der Waals surface area (Å²) in [5, 5.41) is 2.01. The highest BCUT2D eigenvalue weighted by atomic mass is 32.1. The van der Waals surface area contributed by atoms with Gasteiger partial charge in [-0.05, 0) is 41.6 Å². The molecule has 1 aromatic heterocycles. The molecule has 0 radical (unpaired) electrons. The molecule has 2 aromatic carbocycles. The summed E-state index contributed by atoms with van der Waals surface area (Å²) in [6, 6.07) is 17.4. The third kappa shape index (κ3) is 6.12. The number of carbonyl (C=O) groups is 1. The van der Waals surface area contributed by atoms with E-state index in [9.17, 15) is 4.79 Å². The highest BCUT2D eigenvalue weighted by Crippen LogP contribution is 2.29. The molecular weight excluding hydrogens is 410 g/mol. The fraction of sp³-hybridized carbons (Fsp3) is 0.240. The van der Waals surface area contributed by atoms with Crippen molar-refractivity contribution >= 4 is 17.2 Å². The Kier molecular flexibility index (Phi) is 8.12. The lowest BCUT2D eigenvalue weighted by Crippen LogP contribution is -2.34. The van der Waals surface area contributed by atoms with Crippen LogP contribution in [0.1, 0.15) is 16.0 Å². The van der Waals surface area contributed by atoms with Crippen LogP contribution in [0.3, 0.4) is 0 Å². The summed E-state index contributed by atoms with van der Waals surface area (Å²) < 4.78 is 16.7. The maximum atomic E-state index is 13.1. The van der Waals surface area contributed by atoms with E-state index in [1.807, 2.05) is 66.1 Å². The van der Waals surface area contributed by atoms with Crippen LogP contribution in [-0.4, -0.2) is 31.6 Å². The molecule has 0 unspecified atom stereocenters. The van der Waals surface area contributed by atoms with E-state index in [1.165, 1.54) is 0 Å². The van der Waals surface area contributed by atoms with Gasteiger partial charge in [-0.1, -0.05) is 36.4 Å². The van der Waals surface area contributed by atoms with Gasteiger partial charge in [0, 0.05) is 17.0 Å². The lowest BCUT2D eigenvalue weighted by molar-refractivity contribution is -0.134. The molecule has 1 amide bonds. The highest BCUT2D eigenvalue weighted by molar-refractivity contribution is 7.09. The lowest BCUT2D eigenvalue weighted by Gasteiger charge is -2.23. The topological polar surface area (TPSA) is 48.0 Å². The van der Waals surface area contributed by atoms with Crippen molar-refractivity contribution in [2.24, 2.45) is 0 Å². The summed E-state index contributed by atoms with van der Waals surface area (Å²) in [7, 11) is 3.22. The zero-order valence-electron chi connectivity index (χ0n) is 17.9. The highest BCUT2D eigenvalue weighted by Gasteiger charge is 2.18. The van der Waals surface area contributed by atoms with E-state index < -0.39 is 0 Å². The number of benzene rings is 2. The predicted octanol–water partition coefficient (Wildman–Crippen LogP) is 5.10. The van der Waals surface area contributed by atoms with Crippen molar-refractivity contribution in [3.63, 3.8) is 0 Å². The SMILES string of the molecule is C=CCc1ccc(OCC(=O)N(Cc2cccs2)Cc2ccccc2OC)c(OC)c1. The first-order valence-electron chi connectivity index (χ1n) is 9.97. The van der Waals surface area contributed by atoms with Crippen LogP contribution in [0.5, 0.6) is 17.2 Å². The lowest BCUT2D eigenvalue weighted by atomic mass is 10.1. The van der Waals surface area contributed by atoms with E-state index in [0.717, 1.165) is 28.2 Å². The van der Waals surface area contributed by atoms with Crippen molar-refractivity contribution in [2.75, 3.05) is 20.8 Å². The van der Waals surface area contributed by atoms with Crippen molar-refractivity contribution in [3.05, 3.63) is 88.6 Å². The molecule has 0 aliphatic carbocycles. The van der Waals surface area contributed by atoms with Gasteiger partial charge in [-0.15, -0.1) is 17.9 Å². The van der Waals surface area contributed by atoms with Crippen LogP contribution < -0.4 is 14.2 Å². The summed E-state index contributed by atoms with van der Waals surface area (Å²) in [6.45, 7) is 4.61. The summed E-state index contributed by atoms with van der Waals surface area (Å²) in [6.07, 6.45) is 2.57. The Morgan fingerprint density at radius 2 is 1.81 bits per heavy atom. The zero-order chi connectivity index (χ0) is 22.1. The van der Waals surface area contributed by atoms with Gasteiger partial charge >= 0.3 is 0 Å². The molecule has 162 valence electrons. The molecule has 31 heavy (non-hydrogen) atoms. The third-order valence-corrected chi connectivity index (χ3v) is 5.65. The molecule has 0 spiro atoms. The normalized spacial score (nSPS) is 10.4. The number of methoxy groups -OCH3 is 2. The Morgan fingerprint density at radius 3 is 2.52 bits per heavy atom. The molecule has 0 N–H and O–H groups in total. The molecule has 3 aromatic rings. The number of carbonyl (C=O) groups excluding carboxylic acids is 1. The number of hydrogen-bond donors (Lipinski definition) is 0. The maximum absolute atomic E-state index is 13.1. The summed E-state index contributed by atoms with van der Waals surface area (Å²) in [5.41, 5.74) is 2.02. The first-order chi connectivity index (χ1) is 15.1. The van der Waals surface area contributed by atoms with E-state index >= 15 is 0 Å². The van der Waals surface area contributed by atoms with Crippen molar-refractivity contribution in [3.8, 4) is 17.2 Å². The number of allylic oxidation sites excluding steroid dienone is 1. The number of thiophene rings is 1. The van der Waals surface area contributed by atoms with Crippen LogP contribution >= 0.6 is 11.3 Å². The number of amides is 1. The van der Waals surface area contributed by atoms with Gasteiger partial charge in [0.05, 0.1) is 20.8 Å². The molecule has 0 atom stereocenters. The van der Waals surface area contributed by atoms with Gasteiger partial charge in [0.2, 0.25) is 0 Å². The number of para-hydroxylation sites is 1. The smallest absolute Gasteiger partial charge is 0.261 e. The average molecular weight is 438 g/mol. The van der Waals surface area contributed by atoms with E-state index in [2.05, 4.69) is 6.58 Å². The molecule has 0 fully saturated rings. The Hall–Kier alpha value is -3.25. The fourth-order valence-electron chi connectivity index (χ4n) is 3.22. The van der Waals surface area contributed by atoms with Gasteiger partial charge < -0.3 is 19.1 Å². The second-order valence-corrected chi connectivity index (χ2v) is 7.94. The predicted molar refractivity (Wildman–Crippen MR) is 124 cm³/mol. The molecule has 0 aliphatic heterocycles. The fourth-order valence-corrected chi connectivity index (χ4v) is 3.94. The minimum absolute atomic E-state index is 0.0856.